The number of hydrogen-bond acceptors (Lipinski definition) is 4. The van der Waals surface area contributed by atoms with Crippen LogP contribution in [0.2, 0.25) is 0 Å². The van der Waals surface area contributed by atoms with Gasteiger partial charge in [0, 0.05) is 16.6 Å². The van der Waals surface area contributed by atoms with Gasteiger partial charge in [0.25, 0.3) is 0 Å². The van der Waals surface area contributed by atoms with Gasteiger partial charge in [-0.15, -0.1) is 11.3 Å². The second-order valence-electron chi connectivity index (χ2n) is 5.73. The third kappa shape index (κ3) is 3.82. The fourth-order valence-electron chi connectivity index (χ4n) is 2.71. The first-order chi connectivity index (χ1) is 11.1. The van der Waals surface area contributed by atoms with Crippen LogP contribution < -0.4 is 15.4 Å². The van der Waals surface area contributed by atoms with Crippen molar-refractivity contribution in [2.75, 3.05) is 6.61 Å². The first-order valence-electron chi connectivity index (χ1n) is 7.84. The fraction of sp³-hybridized carbons (Fsp3) is 0.412. The summed E-state index contributed by atoms with van der Waals surface area (Å²) in [6.45, 7) is 4.64. The summed E-state index contributed by atoms with van der Waals surface area (Å²) in [5.74, 6) is 0.860. The molecule has 1 aromatic carbocycles. The number of aryl methyl sites for hydroxylation is 1. The zero-order valence-electron chi connectivity index (χ0n) is 13.3. The largest absolute Gasteiger partial charge is 0.493 e. The van der Waals surface area contributed by atoms with E-state index in [1.54, 1.807) is 11.3 Å². The second kappa shape index (κ2) is 7.00. The number of hydrogen-bond donors (Lipinski definition) is 2. The van der Waals surface area contributed by atoms with Gasteiger partial charge in [0.1, 0.15) is 10.8 Å². The van der Waals surface area contributed by atoms with Crippen molar-refractivity contribution in [3.8, 4) is 5.75 Å². The molecule has 0 fully saturated rings. The Bertz CT molecular complexity index is 686. The number of benzene rings is 1. The van der Waals surface area contributed by atoms with Crippen molar-refractivity contribution in [2.24, 2.45) is 0 Å². The Morgan fingerprint density at radius 2 is 2.26 bits per heavy atom. The van der Waals surface area contributed by atoms with Crippen molar-refractivity contribution < 1.29 is 9.53 Å². The van der Waals surface area contributed by atoms with E-state index in [1.807, 2.05) is 44.3 Å². The number of carbonyl (C=O) groups is 1. The van der Waals surface area contributed by atoms with E-state index in [0.717, 1.165) is 34.0 Å². The van der Waals surface area contributed by atoms with Gasteiger partial charge in [0.15, 0.2) is 0 Å². The molecule has 1 aliphatic rings. The highest BCUT2D eigenvalue weighted by Gasteiger charge is 2.22. The van der Waals surface area contributed by atoms with Gasteiger partial charge >= 0.3 is 6.03 Å². The summed E-state index contributed by atoms with van der Waals surface area (Å²) in [5, 5.41) is 6.95. The lowest BCUT2D eigenvalue weighted by atomic mass is 10.0. The highest BCUT2D eigenvalue weighted by atomic mass is 32.1. The van der Waals surface area contributed by atoms with Gasteiger partial charge in [-0.05, 0) is 32.8 Å². The number of aromatic nitrogens is 1. The predicted octanol–water partition coefficient (Wildman–Crippen LogP) is 3.73. The normalized spacial score (nSPS) is 18.3. The van der Waals surface area contributed by atoms with E-state index in [2.05, 4.69) is 15.6 Å². The zero-order chi connectivity index (χ0) is 16.2. The molecule has 23 heavy (non-hydrogen) atoms. The maximum absolute atomic E-state index is 12.3. The summed E-state index contributed by atoms with van der Waals surface area (Å²) in [5.41, 5.74) is 1.04. The van der Waals surface area contributed by atoms with Crippen LogP contribution in [0.4, 0.5) is 4.79 Å². The van der Waals surface area contributed by atoms with E-state index in [1.165, 1.54) is 0 Å². The van der Waals surface area contributed by atoms with Gasteiger partial charge in [-0.1, -0.05) is 18.2 Å². The first kappa shape index (κ1) is 15.8. The van der Waals surface area contributed by atoms with E-state index in [0.29, 0.717) is 6.61 Å². The van der Waals surface area contributed by atoms with Gasteiger partial charge in [-0.25, -0.2) is 9.78 Å². The van der Waals surface area contributed by atoms with E-state index in [-0.39, 0.29) is 18.1 Å². The predicted molar refractivity (Wildman–Crippen MR) is 90.8 cm³/mol. The number of rotatable bonds is 3. The van der Waals surface area contributed by atoms with Gasteiger partial charge in [0.05, 0.1) is 18.7 Å². The molecule has 122 valence electrons. The Hall–Kier alpha value is -2.08. The molecule has 6 heteroatoms. The molecule has 2 heterocycles. The van der Waals surface area contributed by atoms with E-state index < -0.39 is 0 Å². The van der Waals surface area contributed by atoms with Gasteiger partial charge in [0.2, 0.25) is 0 Å². The Morgan fingerprint density at radius 1 is 1.43 bits per heavy atom. The Balaban J connectivity index is 1.65. The van der Waals surface area contributed by atoms with E-state index in [4.69, 9.17) is 4.74 Å². The van der Waals surface area contributed by atoms with Crippen molar-refractivity contribution in [3.05, 3.63) is 45.9 Å². The van der Waals surface area contributed by atoms with Crippen LogP contribution >= 0.6 is 11.3 Å². The standard InChI is InChI=1S/C17H21N3O2S/c1-11-10-18-16(23-11)12(2)19-17(21)20-14-7-5-9-22-15-8-4-3-6-13(14)15/h3-4,6,8,10,12,14H,5,7,9H2,1-2H3,(H2,19,20,21)/t12-,14-/m0/s1. The summed E-state index contributed by atoms with van der Waals surface area (Å²) in [7, 11) is 0. The number of amides is 2. The molecular weight excluding hydrogens is 310 g/mol. The van der Waals surface area contributed by atoms with Gasteiger partial charge < -0.3 is 15.4 Å². The minimum atomic E-state index is -0.174. The molecule has 0 aliphatic carbocycles. The minimum absolute atomic E-state index is 0.0288. The Labute approximate surface area is 140 Å². The molecule has 5 nitrogen and oxygen atoms in total. The average molecular weight is 331 g/mol. The monoisotopic (exact) mass is 331 g/mol. The van der Waals surface area contributed by atoms with Crippen molar-refractivity contribution in [2.45, 2.75) is 38.8 Å². The number of nitrogens with zero attached hydrogens (tertiary/aromatic N) is 1. The van der Waals surface area contributed by atoms with Crippen LogP contribution in [-0.4, -0.2) is 17.6 Å². The van der Waals surface area contributed by atoms with Gasteiger partial charge in [-0.2, -0.15) is 0 Å². The van der Waals surface area contributed by atoms with E-state index >= 15 is 0 Å². The molecule has 0 saturated carbocycles. The van der Waals surface area contributed by atoms with Crippen LogP contribution in [0.3, 0.4) is 0 Å². The molecule has 2 amide bonds. The average Bonchev–Trinajstić information content (AvgIpc) is 2.87. The highest BCUT2D eigenvalue weighted by molar-refractivity contribution is 7.11. The van der Waals surface area contributed by atoms with Crippen LogP contribution in [0.1, 0.15) is 47.3 Å². The second-order valence-corrected chi connectivity index (χ2v) is 7.00. The molecule has 0 bridgehead atoms. The number of carbonyl (C=O) groups excluding carboxylic acids is 1. The number of thiazole rings is 1. The van der Waals surface area contributed by atoms with Gasteiger partial charge in [-0.3, -0.25) is 0 Å². The quantitative estimate of drug-likeness (QED) is 0.901. The van der Waals surface area contributed by atoms with Crippen LogP contribution in [0.15, 0.2) is 30.5 Å². The summed E-state index contributed by atoms with van der Waals surface area (Å²) in [4.78, 5) is 17.8. The first-order valence-corrected chi connectivity index (χ1v) is 8.66. The number of urea groups is 1. The SMILES string of the molecule is Cc1cnc([C@H](C)NC(=O)N[C@H]2CCCOc3ccccc32)s1. The van der Waals surface area contributed by atoms with Crippen molar-refractivity contribution in [1.29, 1.82) is 0 Å². The molecule has 2 aromatic rings. The van der Waals surface area contributed by atoms with E-state index in [9.17, 15) is 4.79 Å². The van der Waals surface area contributed by atoms with Crippen molar-refractivity contribution >= 4 is 17.4 Å². The molecule has 0 spiro atoms. The molecule has 2 N–H and O–H groups in total. The number of para-hydroxylation sites is 1. The van der Waals surface area contributed by atoms with Crippen molar-refractivity contribution in [3.63, 3.8) is 0 Å². The topological polar surface area (TPSA) is 63.2 Å². The number of nitrogens with one attached hydrogen (secondary N) is 2. The summed E-state index contributed by atoms with van der Waals surface area (Å²) in [6, 6.07) is 7.58. The molecule has 3 rings (SSSR count). The fourth-order valence-corrected chi connectivity index (χ4v) is 3.48. The van der Waals surface area contributed by atoms with Crippen LogP contribution in [0.25, 0.3) is 0 Å². The molecule has 0 radical (unpaired) electrons. The van der Waals surface area contributed by atoms with Crippen LogP contribution in [0.5, 0.6) is 5.75 Å². The molecular formula is C17H21N3O2S. The third-order valence-corrected chi connectivity index (χ3v) is 4.95. The van der Waals surface area contributed by atoms with Crippen LogP contribution in [0, 0.1) is 6.92 Å². The molecule has 2 atom stereocenters. The summed E-state index contributed by atoms with van der Waals surface area (Å²) < 4.78 is 5.73. The highest BCUT2D eigenvalue weighted by Crippen LogP contribution is 2.31. The minimum Gasteiger partial charge on any atom is -0.493 e. The van der Waals surface area contributed by atoms with Crippen LogP contribution in [-0.2, 0) is 0 Å². The Kier molecular flexibility index (Phi) is 4.81. The maximum atomic E-state index is 12.3. The zero-order valence-corrected chi connectivity index (χ0v) is 14.2. The lowest BCUT2D eigenvalue weighted by molar-refractivity contribution is 0.233. The summed E-state index contributed by atoms with van der Waals surface area (Å²) >= 11 is 1.60. The molecule has 0 saturated heterocycles. The summed E-state index contributed by atoms with van der Waals surface area (Å²) in [6.07, 6.45) is 3.62. The smallest absolute Gasteiger partial charge is 0.315 e. The molecule has 0 unspecified atom stereocenters. The number of ether oxygens (including phenoxy) is 1. The third-order valence-electron chi connectivity index (χ3n) is 3.85. The lowest BCUT2D eigenvalue weighted by Crippen LogP contribution is -2.39. The molecule has 1 aromatic heterocycles. The number of fused-ring (bicyclic) bond motifs is 1. The maximum Gasteiger partial charge on any atom is 0.315 e. The lowest BCUT2D eigenvalue weighted by Gasteiger charge is -2.20. The Morgan fingerprint density at radius 3 is 3.04 bits per heavy atom. The van der Waals surface area contributed by atoms with Crippen molar-refractivity contribution in [1.82, 2.24) is 15.6 Å². The molecule has 1 aliphatic heterocycles.